The molecule has 2 nitrogen and oxygen atoms in total. The smallest absolute Gasteiger partial charge is 0.335 e. The molecule has 3 aromatic carbocycles. The lowest BCUT2D eigenvalue weighted by Gasteiger charge is -2.05. The number of aromatic carboxylic acids is 1. The number of benzene rings is 3. The zero-order valence-corrected chi connectivity index (χ0v) is 16.3. The summed E-state index contributed by atoms with van der Waals surface area (Å²) in [4.78, 5) is 10.7. The van der Waals surface area contributed by atoms with Crippen LogP contribution < -0.4 is 0 Å². The number of hydrogen-bond acceptors (Lipinski definition) is 1. The van der Waals surface area contributed by atoms with Crippen molar-refractivity contribution < 1.29 is 9.90 Å². The van der Waals surface area contributed by atoms with Crippen LogP contribution in [-0.4, -0.2) is 11.1 Å². The van der Waals surface area contributed by atoms with E-state index in [4.69, 9.17) is 5.11 Å². The molecule has 1 aliphatic carbocycles. The van der Waals surface area contributed by atoms with Crippen LogP contribution >= 0.6 is 0 Å². The van der Waals surface area contributed by atoms with Gasteiger partial charge in [-0.1, -0.05) is 72.8 Å². The van der Waals surface area contributed by atoms with Crippen LogP contribution in [0.5, 0.6) is 0 Å². The van der Waals surface area contributed by atoms with Crippen molar-refractivity contribution in [1.82, 2.24) is 0 Å². The maximum Gasteiger partial charge on any atom is 0.335 e. The topological polar surface area (TPSA) is 37.3 Å². The standard InChI is InChI=1S/C17H18O2.C9H8/c1-13-5-2-3-7-15(13)8-4-6-14-9-11-16(12-10-14)17(18)19;1-2-5-9-7-3-6-8(9)4-1/h2-3,5,7,9-12H,4,6,8H2,1H3,(H,18,19);1-6H,7H2. The molecule has 4 rings (SSSR count). The molecule has 3 aromatic rings. The minimum Gasteiger partial charge on any atom is -0.478 e. The number of carboxylic acid groups (broad SMARTS) is 1. The van der Waals surface area contributed by atoms with Crippen molar-refractivity contribution in [3.05, 3.63) is 112 Å². The van der Waals surface area contributed by atoms with Gasteiger partial charge in [0.1, 0.15) is 0 Å². The van der Waals surface area contributed by atoms with Crippen molar-refractivity contribution in [2.45, 2.75) is 32.6 Å². The molecule has 0 fully saturated rings. The number of carboxylic acids is 1. The number of carbonyl (C=O) groups is 1. The van der Waals surface area contributed by atoms with Gasteiger partial charge >= 0.3 is 5.97 Å². The lowest BCUT2D eigenvalue weighted by atomic mass is 10.0. The third kappa shape index (κ3) is 5.43. The van der Waals surface area contributed by atoms with Gasteiger partial charge in [0.2, 0.25) is 0 Å². The van der Waals surface area contributed by atoms with Crippen molar-refractivity contribution in [3.63, 3.8) is 0 Å². The highest BCUT2D eigenvalue weighted by atomic mass is 16.4. The van der Waals surface area contributed by atoms with Gasteiger partial charge in [0.05, 0.1) is 5.56 Å². The van der Waals surface area contributed by atoms with E-state index >= 15 is 0 Å². The summed E-state index contributed by atoms with van der Waals surface area (Å²) in [7, 11) is 0. The minimum atomic E-state index is -0.869. The lowest BCUT2D eigenvalue weighted by Crippen LogP contribution is -1.97. The molecule has 0 aliphatic heterocycles. The van der Waals surface area contributed by atoms with Crippen LogP contribution in [0.4, 0.5) is 0 Å². The van der Waals surface area contributed by atoms with Gasteiger partial charge in [-0.15, -0.1) is 0 Å². The predicted octanol–water partition coefficient (Wildman–Crippen LogP) is 6.12. The van der Waals surface area contributed by atoms with E-state index in [1.165, 1.54) is 27.8 Å². The maximum absolute atomic E-state index is 10.7. The summed E-state index contributed by atoms with van der Waals surface area (Å²) in [5, 5.41) is 8.83. The molecule has 28 heavy (non-hydrogen) atoms. The Balaban J connectivity index is 0.000000206. The molecule has 0 aromatic heterocycles. The average Bonchev–Trinajstić information content (AvgIpc) is 3.19. The molecule has 0 radical (unpaired) electrons. The SMILES string of the molecule is C1=Cc2ccccc2C1.Cc1ccccc1CCCc1ccc(C(=O)O)cc1. The van der Waals surface area contributed by atoms with Gasteiger partial charge in [-0.3, -0.25) is 0 Å². The second-order valence-electron chi connectivity index (χ2n) is 7.09. The highest BCUT2D eigenvalue weighted by Gasteiger charge is 2.02. The molecule has 142 valence electrons. The van der Waals surface area contributed by atoms with Gasteiger partial charge in [-0.05, 0) is 72.6 Å². The Bertz CT molecular complexity index is 952. The van der Waals surface area contributed by atoms with E-state index < -0.39 is 5.97 Å². The molecule has 0 amide bonds. The molecule has 0 spiro atoms. The number of rotatable bonds is 5. The Morgan fingerprint density at radius 3 is 2.32 bits per heavy atom. The molecular formula is C26H26O2. The Morgan fingerprint density at radius 2 is 1.61 bits per heavy atom. The van der Waals surface area contributed by atoms with Crippen LogP contribution in [0.2, 0.25) is 0 Å². The summed E-state index contributed by atoms with van der Waals surface area (Å²) in [6.45, 7) is 2.14. The minimum absolute atomic E-state index is 0.350. The largest absolute Gasteiger partial charge is 0.478 e. The Morgan fingerprint density at radius 1 is 0.893 bits per heavy atom. The lowest BCUT2D eigenvalue weighted by molar-refractivity contribution is 0.0697. The van der Waals surface area contributed by atoms with Crippen molar-refractivity contribution in [2.24, 2.45) is 0 Å². The fourth-order valence-electron chi connectivity index (χ4n) is 3.38. The van der Waals surface area contributed by atoms with Crippen LogP contribution in [0.3, 0.4) is 0 Å². The first-order valence-electron chi connectivity index (χ1n) is 9.74. The van der Waals surface area contributed by atoms with Crippen LogP contribution in [0.15, 0.2) is 78.9 Å². The first kappa shape index (κ1) is 19.6. The molecule has 0 saturated heterocycles. The Labute approximate surface area is 167 Å². The third-order valence-corrected chi connectivity index (χ3v) is 5.06. The molecule has 2 heteroatoms. The predicted molar refractivity (Wildman–Crippen MR) is 116 cm³/mol. The monoisotopic (exact) mass is 370 g/mol. The van der Waals surface area contributed by atoms with E-state index in [1.807, 2.05) is 12.1 Å². The summed E-state index contributed by atoms with van der Waals surface area (Å²) < 4.78 is 0. The molecule has 0 unspecified atom stereocenters. The first-order valence-corrected chi connectivity index (χ1v) is 9.74. The molecule has 1 aliphatic rings. The fraction of sp³-hybridized carbons (Fsp3) is 0.192. The van der Waals surface area contributed by atoms with Crippen LogP contribution in [0.25, 0.3) is 6.08 Å². The van der Waals surface area contributed by atoms with E-state index in [-0.39, 0.29) is 0 Å². The zero-order valence-electron chi connectivity index (χ0n) is 16.3. The Hall–Kier alpha value is -3.13. The van der Waals surface area contributed by atoms with E-state index in [1.54, 1.807) is 12.1 Å². The van der Waals surface area contributed by atoms with Crippen LogP contribution in [0, 0.1) is 6.92 Å². The van der Waals surface area contributed by atoms with Crippen LogP contribution in [-0.2, 0) is 19.3 Å². The van der Waals surface area contributed by atoms with E-state index in [9.17, 15) is 4.79 Å². The van der Waals surface area contributed by atoms with Crippen molar-refractivity contribution >= 4 is 12.0 Å². The summed E-state index contributed by atoms with van der Waals surface area (Å²) in [5.74, 6) is -0.869. The number of aryl methyl sites for hydroxylation is 3. The number of allylic oxidation sites excluding steroid dienone is 1. The summed E-state index contributed by atoms with van der Waals surface area (Å²) in [6.07, 6.45) is 8.62. The quantitative estimate of drug-likeness (QED) is 0.587. The number of hydrogen-bond donors (Lipinski definition) is 1. The normalized spacial score (nSPS) is 11.5. The van der Waals surface area contributed by atoms with E-state index in [2.05, 4.69) is 67.6 Å². The molecule has 0 heterocycles. The van der Waals surface area contributed by atoms with Gasteiger partial charge in [0.15, 0.2) is 0 Å². The van der Waals surface area contributed by atoms with Crippen molar-refractivity contribution in [2.75, 3.05) is 0 Å². The summed E-state index contributed by atoms with van der Waals surface area (Å²) in [5.41, 5.74) is 7.12. The van der Waals surface area contributed by atoms with Crippen LogP contribution in [0.1, 0.15) is 44.6 Å². The van der Waals surface area contributed by atoms with Gasteiger partial charge in [0.25, 0.3) is 0 Å². The summed E-state index contributed by atoms with van der Waals surface area (Å²) >= 11 is 0. The second-order valence-corrected chi connectivity index (χ2v) is 7.09. The number of fused-ring (bicyclic) bond motifs is 1. The van der Waals surface area contributed by atoms with Gasteiger partial charge in [0, 0.05) is 0 Å². The van der Waals surface area contributed by atoms with E-state index in [0.29, 0.717) is 5.56 Å². The van der Waals surface area contributed by atoms with E-state index in [0.717, 1.165) is 25.7 Å². The molecular weight excluding hydrogens is 344 g/mol. The zero-order chi connectivity index (χ0) is 19.8. The molecule has 0 bridgehead atoms. The third-order valence-electron chi connectivity index (χ3n) is 5.06. The molecule has 0 atom stereocenters. The van der Waals surface area contributed by atoms with Gasteiger partial charge in [-0.25, -0.2) is 4.79 Å². The molecule has 0 saturated carbocycles. The highest BCUT2D eigenvalue weighted by Crippen LogP contribution is 2.17. The Kier molecular flexibility index (Phi) is 6.80. The fourth-order valence-corrected chi connectivity index (χ4v) is 3.38. The summed E-state index contributed by atoms with van der Waals surface area (Å²) in [6, 6.07) is 24.1. The first-order chi connectivity index (χ1) is 13.6. The molecule has 1 N–H and O–H groups in total. The maximum atomic E-state index is 10.7. The average molecular weight is 370 g/mol. The van der Waals surface area contributed by atoms with Gasteiger partial charge < -0.3 is 5.11 Å². The highest BCUT2D eigenvalue weighted by molar-refractivity contribution is 5.87. The van der Waals surface area contributed by atoms with Crippen molar-refractivity contribution in [3.8, 4) is 0 Å². The van der Waals surface area contributed by atoms with Gasteiger partial charge in [-0.2, -0.15) is 0 Å². The van der Waals surface area contributed by atoms with Crippen molar-refractivity contribution in [1.29, 1.82) is 0 Å². The second kappa shape index (κ2) is 9.70.